The van der Waals surface area contributed by atoms with Crippen LogP contribution >= 0.6 is 0 Å². The number of nitrogens with two attached hydrogens (primary N) is 1. The van der Waals surface area contributed by atoms with Crippen LogP contribution in [-0.2, 0) is 20.0 Å². The number of ketones is 2. The minimum atomic E-state index is -2.75. The second-order valence-corrected chi connectivity index (χ2v) is 9.73. The summed E-state index contributed by atoms with van der Waals surface area (Å²) in [6, 6.07) is 4.85. The maximum Gasteiger partial charge on any atom is 0.255 e. The Labute approximate surface area is 211 Å². The summed E-state index contributed by atoms with van der Waals surface area (Å²) < 4.78 is 0. The number of carbonyl (C=O) groups is 3. The predicted molar refractivity (Wildman–Crippen MR) is 129 cm³/mol. The van der Waals surface area contributed by atoms with E-state index in [1.807, 2.05) is 6.07 Å². The lowest BCUT2D eigenvalue weighted by molar-refractivity contribution is -0.159. The first-order valence-electron chi connectivity index (χ1n) is 11.4. The zero-order valence-electron chi connectivity index (χ0n) is 20.3. The van der Waals surface area contributed by atoms with Crippen LogP contribution in [0.25, 0.3) is 5.76 Å². The van der Waals surface area contributed by atoms with Gasteiger partial charge in [0.15, 0.2) is 11.4 Å². The standard InChI is InChI=1S/C22H24N2O8.C3H4N2/c1-21(31)8-5-4-6-11(25)12(8)16(26)13-9(21)7-10-15(24(2)3)17(27)14(20(23)30)19(29)22(10,32)18(13)28;1-2-4-5-3-1/h4-6,9-10,15,25-26,29,31-32H,7H2,1-3H3,(H2,23,30);1-3H,(H,4,5)/t9-,10-,15-,21+,22-;/m0./s1. The van der Waals surface area contributed by atoms with Gasteiger partial charge in [-0.25, -0.2) is 0 Å². The molecule has 0 radical (unpaired) electrons. The van der Waals surface area contributed by atoms with Gasteiger partial charge in [0, 0.05) is 29.8 Å². The van der Waals surface area contributed by atoms with Crippen molar-refractivity contribution in [2.24, 2.45) is 17.6 Å². The molecular formula is C25H28N4O8. The fourth-order valence-electron chi connectivity index (χ4n) is 5.72. The lowest BCUT2D eigenvalue weighted by atomic mass is 9.54. The second kappa shape index (κ2) is 8.83. The fourth-order valence-corrected chi connectivity index (χ4v) is 5.72. The quantitative estimate of drug-likeness (QED) is 0.268. The summed E-state index contributed by atoms with van der Waals surface area (Å²) in [5.74, 6) is -7.90. The SMILES string of the molecule is CN(C)[C@@H]1C(=O)C(C(N)=O)=C(O)[C@@]2(O)C(=O)C3=C(O)c4c(O)cccc4[C@@](C)(O)[C@H]3C[C@@H]12.c1cn[nH]c1. The maximum absolute atomic E-state index is 13.7. The number of hydrogen-bond donors (Lipinski definition) is 7. The molecule has 5 rings (SSSR count). The number of H-pyrrole nitrogens is 1. The molecule has 1 aromatic carbocycles. The number of fused-ring (bicyclic) bond motifs is 3. The molecule has 5 atom stereocenters. The number of amides is 1. The molecule has 1 saturated carbocycles. The van der Waals surface area contributed by atoms with Gasteiger partial charge in [0.05, 0.1) is 17.2 Å². The summed E-state index contributed by atoms with van der Waals surface area (Å²) in [6.07, 6.45) is 3.26. The van der Waals surface area contributed by atoms with E-state index in [0.29, 0.717) is 0 Å². The lowest BCUT2D eigenvalue weighted by Crippen LogP contribution is -2.67. The number of hydrogen-bond acceptors (Lipinski definition) is 10. The molecule has 0 saturated heterocycles. The van der Waals surface area contributed by atoms with Crippen LogP contribution in [0.2, 0.25) is 0 Å². The number of phenolic OH excluding ortho intramolecular Hbond substituents is 1. The number of aromatic hydroxyl groups is 1. The van der Waals surface area contributed by atoms with Gasteiger partial charge < -0.3 is 31.3 Å². The van der Waals surface area contributed by atoms with Gasteiger partial charge in [-0.1, -0.05) is 12.1 Å². The van der Waals surface area contributed by atoms with Crippen LogP contribution in [0.3, 0.4) is 0 Å². The number of benzene rings is 1. The number of likely N-dealkylation sites (N-methyl/N-ethyl adjacent to an activating group) is 1. The second-order valence-electron chi connectivity index (χ2n) is 9.73. The zero-order valence-corrected chi connectivity index (χ0v) is 20.3. The highest BCUT2D eigenvalue weighted by Gasteiger charge is 2.66. The number of carbonyl (C=O) groups excluding carboxylic acids is 3. The fraction of sp³-hybridized carbons (Fsp3) is 0.360. The van der Waals surface area contributed by atoms with E-state index in [-0.39, 0.29) is 17.5 Å². The highest BCUT2D eigenvalue weighted by Crippen LogP contribution is 2.57. The van der Waals surface area contributed by atoms with E-state index in [9.17, 15) is 39.9 Å². The minimum Gasteiger partial charge on any atom is -0.508 e. The van der Waals surface area contributed by atoms with E-state index in [0.717, 1.165) is 0 Å². The molecule has 12 nitrogen and oxygen atoms in total. The van der Waals surface area contributed by atoms with Crippen LogP contribution in [0, 0.1) is 11.8 Å². The molecule has 1 fully saturated rings. The molecule has 1 amide bonds. The summed E-state index contributed by atoms with van der Waals surface area (Å²) in [5, 5.41) is 61.1. The molecule has 196 valence electrons. The van der Waals surface area contributed by atoms with Crippen molar-refractivity contribution in [2.45, 2.75) is 30.6 Å². The van der Waals surface area contributed by atoms with E-state index in [4.69, 9.17) is 5.73 Å². The van der Waals surface area contributed by atoms with Crippen molar-refractivity contribution >= 4 is 23.2 Å². The molecule has 0 spiro atoms. The number of primary amides is 1. The summed E-state index contributed by atoms with van der Waals surface area (Å²) in [4.78, 5) is 40.0. The number of phenols is 1. The van der Waals surface area contributed by atoms with E-state index < -0.39 is 75.0 Å². The van der Waals surface area contributed by atoms with Gasteiger partial charge in [-0.3, -0.25) is 24.4 Å². The first kappa shape index (κ1) is 26.1. The smallest absolute Gasteiger partial charge is 0.255 e. The number of rotatable bonds is 2. The minimum absolute atomic E-state index is 0.170. The molecule has 37 heavy (non-hydrogen) atoms. The van der Waals surface area contributed by atoms with Gasteiger partial charge in [0.2, 0.25) is 5.78 Å². The molecule has 2 aromatic rings. The highest BCUT2D eigenvalue weighted by atomic mass is 16.3. The van der Waals surface area contributed by atoms with Crippen LogP contribution in [-0.4, -0.2) is 83.8 Å². The Bertz CT molecular complexity index is 1330. The third kappa shape index (κ3) is 3.64. The molecule has 3 aliphatic rings. The normalized spacial score (nSPS) is 30.8. The average Bonchev–Trinajstić information content (AvgIpc) is 3.40. The van der Waals surface area contributed by atoms with Gasteiger partial charge in [-0.05, 0) is 45.1 Å². The first-order valence-corrected chi connectivity index (χ1v) is 11.4. The Kier molecular flexibility index (Phi) is 6.23. The van der Waals surface area contributed by atoms with E-state index in [2.05, 4.69) is 10.2 Å². The number of Topliss-reactive ketones (excluding diaryl/α,β-unsaturated/α-hetero) is 2. The van der Waals surface area contributed by atoms with Crippen molar-refractivity contribution < 1.29 is 39.9 Å². The Morgan fingerprint density at radius 1 is 1.16 bits per heavy atom. The largest absolute Gasteiger partial charge is 0.508 e. The van der Waals surface area contributed by atoms with Crippen molar-refractivity contribution in [3.8, 4) is 5.75 Å². The summed E-state index contributed by atoms with van der Waals surface area (Å²) in [7, 11) is 3.01. The van der Waals surface area contributed by atoms with Crippen LogP contribution in [0.1, 0.15) is 24.5 Å². The van der Waals surface area contributed by atoms with Crippen LogP contribution in [0.15, 0.2) is 53.6 Å². The number of nitrogens with one attached hydrogen (secondary N) is 1. The monoisotopic (exact) mass is 512 g/mol. The van der Waals surface area contributed by atoms with Crippen LogP contribution < -0.4 is 5.73 Å². The number of aromatic amines is 1. The third-order valence-electron chi connectivity index (χ3n) is 7.43. The Balaban J connectivity index is 0.000000572. The maximum atomic E-state index is 13.7. The van der Waals surface area contributed by atoms with Gasteiger partial charge in [-0.2, -0.15) is 5.10 Å². The molecular weight excluding hydrogens is 484 g/mol. The molecule has 3 aliphatic carbocycles. The molecule has 12 heteroatoms. The zero-order chi connectivity index (χ0) is 27.4. The molecule has 0 unspecified atom stereocenters. The van der Waals surface area contributed by atoms with Crippen molar-refractivity contribution in [1.29, 1.82) is 0 Å². The summed E-state index contributed by atoms with van der Waals surface area (Å²) in [6.45, 7) is 1.40. The number of nitrogens with zero attached hydrogens (tertiary/aromatic N) is 2. The van der Waals surface area contributed by atoms with Crippen molar-refractivity contribution in [2.75, 3.05) is 14.1 Å². The van der Waals surface area contributed by atoms with Gasteiger partial charge in [0.1, 0.15) is 22.8 Å². The van der Waals surface area contributed by atoms with Gasteiger partial charge in [-0.15, -0.1) is 0 Å². The average molecular weight is 513 g/mol. The van der Waals surface area contributed by atoms with Crippen LogP contribution in [0.5, 0.6) is 5.75 Å². The molecule has 1 aromatic heterocycles. The van der Waals surface area contributed by atoms with Crippen LogP contribution in [0.4, 0.5) is 0 Å². The van der Waals surface area contributed by atoms with Crippen molar-refractivity contribution in [3.05, 3.63) is 64.7 Å². The predicted octanol–water partition coefficient (Wildman–Crippen LogP) is 0.0387. The highest BCUT2D eigenvalue weighted by molar-refractivity contribution is 6.24. The van der Waals surface area contributed by atoms with Crippen molar-refractivity contribution in [3.63, 3.8) is 0 Å². The number of aromatic nitrogens is 2. The molecule has 0 bridgehead atoms. The Morgan fingerprint density at radius 2 is 1.84 bits per heavy atom. The topological polar surface area (TPSA) is 210 Å². The summed E-state index contributed by atoms with van der Waals surface area (Å²) >= 11 is 0. The Morgan fingerprint density at radius 3 is 2.35 bits per heavy atom. The molecule has 1 heterocycles. The lowest BCUT2D eigenvalue weighted by Gasteiger charge is -2.53. The van der Waals surface area contributed by atoms with E-state index in [1.54, 1.807) is 12.4 Å². The molecule has 0 aliphatic heterocycles. The number of aliphatic hydroxyl groups excluding tert-OH is 2. The Hall–Kier alpha value is -4.00. The molecule has 8 N–H and O–H groups in total. The van der Waals surface area contributed by atoms with E-state index >= 15 is 0 Å². The van der Waals surface area contributed by atoms with E-state index in [1.165, 1.54) is 44.1 Å². The van der Waals surface area contributed by atoms with Crippen molar-refractivity contribution in [1.82, 2.24) is 15.1 Å². The summed E-state index contributed by atoms with van der Waals surface area (Å²) in [5.41, 5.74) is -0.548. The number of aliphatic hydroxyl groups is 4. The van der Waals surface area contributed by atoms with Gasteiger partial charge in [0.25, 0.3) is 5.91 Å². The first-order chi connectivity index (χ1) is 17.3. The third-order valence-corrected chi connectivity index (χ3v) is 7.43. The van der Waals surface area contributed by atoms with Gasteiger partial charge >= 0.3 is 0 Å².